The van der Waals surface area contributed by atoms with Crippen molar-refractivity contribution >= 4 is 27.5 Å². The van der Waals surface area contributed by atoms with Crippen LogP contribution in [0.4, 0.5) is 18.9 Å². The summed E-state index contributed by atoms with van der Waals surface area (Å²) in [7, 11) is -3.07. The van der Waals surface area contributed by atoms with Crippen molar-refractivity contribution < 1.29 is 35.9 Å². The van der Waals surface area contributed by atoms with E-state index in [4.69, 9.17) is 4.74 Å². The van der Waals surface area contributed by atoms with Crippen LogP contribution in [0.1, 0.15) is 37.0 Å². The van der Waals surface area contributed by atoms with Gasteiger partial charge in [-0.2, -0.15) is 13.2 Å². The molecule has 0 heterocycles. The lowest BCUT2D eigenvalue weighted by Crippen LogP contribution is -2.54. The zero-order chi connectivity index (χ0) is 34.9. The van der Waals surface area contributed by atoms with Crippen molar-refractivity contribution in [2.45, 2.75) is 56.4 Å². The molecule has 0 aromatic heterocycles. The summed E-state index contributed by atoms with van der Waals surface area (Å²) < 4.78 is 75.5. The maximum Gasteiger partial charge on any atom is 0.416 e. The first kappa shape index (κ1) is 36.0. The number of carbonyl (C=O) groups excluding carboxylic acids is 2. The molecule has 254 valence electrons. The van der Waals surface area contributed by atoms with E-state index in [0.717, 1.165) is 17.7 Å². The first-order valence-corrected chi connectivity index (χ1v) is 16.8. The summed E-state index contributed by atoms with van der Waals surface area (Å²) in [6.45, 7) is 2.72. The number of amides is 2. The number of sulfonamides is 1. The molecular formula is C36H38F3N3O5S. The Kier molecular flexibility index (Phi) is 11.9. The van der Waals surface area contributed by atoms with E-state index in [2.05, 4.69) is 5.32 Å². The molecule has 0 unspecified atom stereocenters. The van der Waals surface area contributed by atoms with Crippen LogP contribution in [0.3, 0.4) is 0 Å². The summed E-state index contributed by atoms with van der Waals surface area (Å²) in [5.74, 6) is -0.753. The number of benzene rings is 4. The smallest absolute Gasteiger partial charge is 0.416 e. The maximum atomic E-state index is 14.5. The maximum absolute atomic E-state index is 14.5. The van der Waals surface area contributed by atoms with E-state index < -0.39 is 46.2 Å². The number of alkyl halides is 3. The number of rotatable bonds is 14. The Labute approximate surface area is 279 Å². The molecule has 0 aliphatic rings. The summed E-state index contributed by atoms with van der Waals surface area (Å²) in [4.78, 5) is 29.5. The van der Waals surface area contributed by atoms with E-state index in [-0.39, 0.29) is 29.6 Å². The van der Waals surface area contributed by atoms with Gasteiger partial charge in [0.15, 0.2) is 0 Å². The van der Waals surface area contributed by atoms with Crippen molar-refractivity contribution in [3.8, 4) is 5.75 Å². The van der Waals surface area contributed by atoms with Gasteiger partial charge >= 0.3 is 6.18 Å². The third-order valence-corrected chi connectivity index (χ3v) is 9.62. The van der Waals surface area contributed by atoms with Gasteiger partial charge in [0.05, 0.1) is 23.3 Å². The number of nitrogens with zero attached hydrogens (tertiary/aromatic N) is 2. The average Bonchev–Trinajstić information content (AvgIpc) is 3.09. The molecule has 0 fully saturated rings. The van der Waals surface area contributed by atoms with Crippen LogP contribution in [-0.2, 0) is 38.8 Å². The molecule has 1 N–H and O–H groups in total. The molecule has 4 aromatic rings. The largest absolute Gasteiger partial charge is 0.497 e. The minimum atomic E-state index is -4.77. The molecule has 0 spiro atoms. The minimum Gasteiger partial charge on any atom is -0.497 e. The molecule has 0 bridgehead atoms. The van der Waals surface area contributed by atoms with Gasteiger partial charge in [0.1, 0.15) is 18.3 Å². The number of anilines is 1. The van der Waals surface area contributed by atoms with Crippen molar-refractivity contribution in [1.82, 2.24) is 10.2 Å². The highest BCUT2D eigenvalue weighted by Crippen LogP contribution is 2.33. The molecule has 0 radical (unpaired) electrons. The molecule has 0 aliphatic heterocycles. The molecule has 4 aromatic carbocycles. The SMILES string of the molecule is CC[C@@H](C)NC(=O)[C@@H](Cc1ccccc1)N(Cc1cccc(OC)c1)C(=O)CN(c1cccc(C(F)(F)F)c1)S(=O)(=O)c1ccccc1. The van der Waals surface area contributed by atoms with Gasteiger partial charge in [0.2, 0.25) is 11.8 Å². The lowest BCUT2D eigenvalue weighted by molar-refractivity contribution is -0.140. The van der Waals surface area contributed by atoms with Crippen molar-refractivity contribution in [1.29, 1.82) is 0 Å². The zero-order valence-corrected chi connectivity index (χ0v) is 27.7. The number of halogens is 3. The number of nitrogens with one attached hydrogen (secondary N) is 1. The van der Waals surface area contributed by atoms with Crippen molar-refractivity contribution in [3.05, 3.63) is 126 Å². The fraction of sp³-hybridized carbons (Fsp3) is 0.278. The van der Waals surface area contributed by atoms with Gasteiger partial charge in [0, 0.05) is 19.0 Å². The van der Waals surface area contributed by atoms with Crippen LogP contribution in [0.5, 0.6) is 5.75 Å². The second kappa shape index (κ2) is 15.8. The van der Waals surface area contributed by atoms with Gasteiger partial charge in [-0.15, -0.1) is 0 Å². The normalized spacial score (nSPS) is 12.9. The number of carbonyl (C=O) groups is 2. The second-order valence-corrected chi connectivity index (χ2v) is 13.1. The monoisotopic (exact) mass is 681 g/mol. The average molecular weight is 682 g/mol. The van der Waals surface area contributed by atoms with Crippen LogP contribution in [-0.4, -0.2) is 50.9 Å². The molecule has 2 amide bonds. The molecule has 48 heavy (non-hydrogen) atoms. The Morgan fingerprint density at radius 3 is 2.10 bits per heavy atom. The standard InChI is InChI=1S/C36H38F3N3O5S/c1-4-26(2)40-35(44)33(22-27-13-7-5-8-14-27)41(24-28-15-11-18-31(21-28)47-3)34(43)25-42(48(45,46)32-19-9-6-10-20-32)30-17-12-16-29(23-30)36(37,38)39/h5-21,23,26,33H,4,22,24-25H2,1-3H3,(H,40,44)/t26-,33-/m1/s1. The van der Waals surface area contributed by atoms with Crippen LogP contribution in [0.25, 0.3) is 0 Å². The Morgan fingerprint density at radius 2 is 1.48 bits per heavy atom. The fourth-order valence-electron chi connectivity index (χ4n) is 5.05. The van der Waals surface area contributed by atoms with Crippen molar-refractivity contribution in [2.75, 3.05) is 18.0 Å². The molecule has 12 heteroatoms. The third-order valence-electron chi connectivity index (χ3n) is 7.83. The number of ether oxygens (including phenoxy) is 1. The minimum absolute atomic E-state index is 0.0911. The van der Waals surface area contributed by atoms with Crippen molar-refractivity contribution in [3.63, 3.8) is 0 Å². The number of hydrogen-bond donors (Lipinski definition) is 1. The summed E-state index contributed by atoms with van der Waals surface area (Å²) in [6.07, 6.45) is -4.06. The van der Waals surface area contributed by atoms with E-state index in [0.29, 0.717) is 28.1 Å². The van der Waals surface area contributed by atoms with Crippen LogP contribution in [0.2, 0.25) is 0 Å². The van der Waals surface area contributed by atoms with Crippen molar-refractivity contribution in [2.24, 2.45) is 0 Å². The van der Waals surface area contributed by atoms with Gasteiger partial charge in [-0.1, -0.05) is 73.7 Å². The predicted octanol–water partition coefficient (Wildman–Crippen LogP) is 6.46. The van der Waals surface area contributed by atoms with E-state index in [1.165, 1.54) is 42.3 Å². The first-order valence-electron chi connectivity index (χ1n) is 15.3. The van der Waals surface area contributed by atoms with E-state index in [1.54, 1.807) is 42.5 Å². The molecule has 4 rings (SSSR count). The quantitative estimate of drug-likeness (QED) is 0.165. The number of methoxy groups -OCH3 is 1. The molecule has 2 atom stereocenters. The van der Waals surface area contributed by atoms with E-state index in [9.17, 15) is 31.2 Å². The fourth-order valence-corrected chi connectivity index (χ4v) is 6.48. The van der Waals surface area contributed by atoms with Gasteiger partial charge in [-0.3, -0.25) is 13.9 Å². The van der Waals surface area contributed by atoms with E-state index in [1.807, 2.05) is 32.0 Å². The molecule has 0 saturated heterocycles. The molecule has 0 saturated carbocycles. The van der Waals surface area contributed by atoms with E-state index >= 15 is 0 Å². The predicted molar refractivity (Wildman–Crippen MR) is 178 cm³/mol. The summed E-state index contributed by atoms with van der Waals surface area (Å²) in [6, 6.07) is 25.5. The lowest BCUT2D eigenvalue weighted by atomic mass is 10.0. The third kappa shape index (κ3) is 9.15. The van der Waals surface area contributed by atoms with Gasteiger partial charge in [0.25, 0.3) is 10.0 Å². The van der Waals surface area contributed by atoms with Crippen LogP contribution in [0.15, 0.2) is 114 Å². The zero-order valence-electron chi connectivity index (χ0n) is 26.9. The molecule has 8 nitrogen and oxygen atoms in total. The van der Waals surface area contributed by atoms with Crippen LogP contribution >= 0.6 is 0 Å². The summed E-state index contributed by atoms with van der Waals surface area (Å²) in [5, 5.41) is 2.94. The summed E-state index contributed by atoms with van der Waals surface area (Å²) >= 11 is 0. The first-order chi connectivity index (χ1) is 22.8. The summed E-state index contributed by atoms with van der Waals surface area (Å²) in [5.41, 5.74) is -0.0959. The Bertz CT molecular complexity index is 1790. The van der Waals surface area contributed by atoms with Gasteiger partial charge in [-0.05, 0) is 66.9 Å². The second-order valence-electron chi connectivity index (χ2n) is 11.3. The topological polar surface area (TPSA) is 96.0 Å². The highest BCUT2D eigenvalue weighted by molar-refractivity contribution is 7.92. The lowest BCUT2D eigenvalue weighted by Gasteiger charge is -2.34. The Hall–Kier alpha value is -4.84. The highest BCUT2D eigenvalue weighted by Gasteiger charge is 2.36. The highest BCUT2D eigenvalue weighted by atomic mass is 32.2. The number of hydrogen-bond acceptors (Lipinski definition) is 5. The van der Waals surface area contributed by atoms with Gasteiger partial charge in [-0.25, -0.2) is 8.42 Å². The molecular weight excluding hydrogens is 643 g/mol. The molecule has 0 aliphatic carbocycles. The van der Waals surface area contributed by atoms with Gasteiger partial charge < -0.3 is 15.0 Å². The van der Waals surface area contributed by atoms with Crippen LogP contribution in [0, 0.1) is 0 Å². The Morgan fingerprint density at radius 1 is 0.854 bits per heavy atom. The Balaban J connectivity index is 1.85. The van der Waals surface area contributed by atoms with Crippen LogP contribution < -0.4 is 14.4 Å².